The number of nitrogens with one attached hydrogen (secondary N) is 2. The lowest BCUT2D eigenvalue weighted by Gasteiger charge is -2.21. The van der Waals surface area contributed by atoms with E-state index in [9.17, 15) is 0 Å². The Morgan fingerprint density at radius 3 is 2.90 bits per heavy atom. The number of guanidine groups is 1. The maximum atomic E-state index is 4.29. The van der Waals surface area contributed by atoms with Crippen LogP contribution in [0.5, 0.6) is 0 Å². The summed E-state index contributed by atoms with van der Waals surface area (Å²) in [7, 11) is 4.02. The fraction of sp³-hybridized carbons (Fsp3) is 0.562. The largest absolute Gasteiger partial charge is 0.355 e. The van der Waals surface area contributed by atoms with E-state index in [0.717, 1.165) is 19.0 Å². The number of benzene rings is 1. The van der Waals surface area contributed by atoms with E-state index in [-0.39, 0.29) is 0 Å². The minimum Gasteiger partial charge on any atom is -0.355 e. The van der Waals surface area contributed by atoms with E-state index in [4.69, 9.17) is 0 Å². The van der Waals surface area contributed by atoms with Gasteiger partial charge in [0.1, 0.15) is 0 Å². The lowest BCUT2D eigenvalue weighted by atomic mass is 10.1. The molecule has 4 nitrogen and oxygen atoms in total. The molecule has 0 aromatic heterocycles. The normalized spacial score (nSPS) is 20.1. The summed E-state index contributed by atoms with van der Waals surface area (Å²) in [5.74, 6) is 0.881. The molecule has 1 unspecified atom stereocenters. The van der Waals surface area contributed by atoms with Gasteiger partial charge in [0.15, 0.2) is 5.96 Å². The summed E-state index contributed by atoms with van der Waals surface area (Å²) in [5, 5.41) is 6.80. The van der Waals surface area contributed by atoms with Crippen LogP contribution < -0.4 is 10.6 Å². The lowest BCUT2D eigenvalue weighted by molar-refractivity contribution is 0.309. The highest BCUT2D eigenvalue weighted by molar-refractivity contribution is 5.79. The quantitative estimate of drug-likeness (QED) is 0.649. The van der Waals surface area contributed by atoms with E-state index in [0.29, 0.717) is 6.04 Å². The number of likely N-dealkylation sites (tertiary alicyclic amines) is 1. The molecule has 1 saturated heterocycles. The monoisotopic (exact) mass is 274 g/mol. The molecule has 0 saturated carbocycles. The Labute approximate surface area is 122 Å². The third-order valence-corrected chi connectivity index (χ3v) is 3.94. The number of aliphatic imine (C=N–C) groups is 1. The average molecular weight is 274 g/mol. The molecule has 1 fully saturated rings. The SMILES string of the molecule is CN=C(NCc1cccc(C)c1)NCC1CCCN1C. The molecular formula is C16H26N4. The molecule has 1 atom stereocenters. The van der Waals surface area contributed by atoms with E-state index >= 15 is 0 Å². The Hall–Kier alpha value is -1.55. The maximum absolute atomic E-state index is 4.29. The molecule has 110 valence electrons. The first kappa shape index (κ1) is 14.9. The third-order valence-electron chi connectivity index (χ3n) is 3.94. The van der Waals surface area contributed by atoms with Crippen molar-refractivity contribution in [3.63, 3.8) is 0 Å². The van der Waals surface area contributed by atoms with Gasteiger partial charge in [-0.2, -0.15) is 0 Å². The van der Waals surface area contributed by atoms with Crippen LogP contribution in [-0.2, 0) is 6.54 Å². The van der Waals surface area contributed by atoms with Crippen LogP contribution in [0.4, 0.5) is 0 Å². The first-order chi connectivity index (χ1) is 9.69. The van der Waals surface area contributed by atoms with E-state index in [1.165, 1.54) is 30.5 Å². The van der Waals surface area contributed by atoms with Crippen LogP contribution in [0.2, 0.25) is 0 Å². The summed E-state index contributed by atoms with van der Waals surface area (Å²) in [6, 6.07) is 9.18. The van der Waals surface area contributed by atoms with Crippen LogP contribution >= 0.6 is 0 Å². The Bertz CT molecular complexity index is 456. The Morgan fingerprint density at radius 2 is 2.25 bits per heavy atom. The second-order valence-corrected chi connectivity index (χ2v) is 5.57. The second-order valence-electron chi connectivity index (χ2n) is 5.57. The van der Waals surface area contributed by atoms with Crippen molar-refractivity contribution in [2.45, 2.75) is 32.4 Å². The van der Waals surface area contributed by atoms with E-state index in [1.54, 1.807) is 0 Å². The Morgan fingerprint density at radius 1 is 1.40 bits per heavy atom. The van der Waals surface area contributed by atoms with Crippen molar-refractivity contribution in [1.82, 2.24) is 15.5 Å². The van der Waals surface area contributed by atoms with Crippen molar-refractivity contribution < 1.29 is 0 Å². The molecule has 1 aromatic carbocycles. The standard InChI is InChI=1S/C16H26N4/c1-13-6-4-7-14(10-13)11-18-16(17-2)19-12-15-8-5-9-20(15)3/h4,6-7,10,15H,5,8-9,11-12H2,1-3H3,(H2,17,18,19). The molecule has 1 aromatic rings. The number of aryl methyl sites for hydroxylation is 1. The molecule has 0 bridgehead atoms. The first-order valence-electron chi connectivity index (χ1n) is 7.39. The van der Waals surface area contributed by atoms with Crippen molar-refractivity contribution in [1.29, 1.82) is 0 Å². The third kappa shape index (κ3) is 4.23. The van der Waals surface area contributed by atoms with Crippen LogP contribution in [0.3, 0.4) is 0 Å². The molecule has 1 aliphatic heterocycles. The molecule has 2 rings (SSSR count). The summed E-state index contributed by atoms with van der Waals surface area (Å²) in [6.07, 6.45) is 2.58. The van der Waals surface area contributed by atoms with Gasteiger partial charge in [-0.05, 0) is 38.9 Å². The van der Waals surface area contributed by atoms with Gasteiger partial charge in [-0.1, -0.05) is 29.8 Å². The zero-order valence-corrected chi connectivity index (χ0v) is 12.8. The van der Waals surface area contributed by atoms with Gasteiger partial charge >= 0.3 is 0 Å². The van der Waals surface area contributed by atoms with E-state index < -0.39 is 0 Å². The fourth-order valence-electron chi connectivity index (χ4n) is 2.68. The van der Waals surface area contributed by atoms with Crippen LogP contribution in [-0.4, -0.2) is 44.1 Å². The van der Waals surface area contributed by atoms with Gasteiger partial charge in [-0.25, -0.2) is 0 Å². The van der Waals surface area contributed by atoms with Gasteiger partial charge in [-0.3, -0.25) is 4.99 Å². The molecule has 0 aliphatic carbocycles. The second kappa shape index (κ2) is 7.29. The highest BCUT2D eigenvalue weighted by atomic mass is 15.2. The van der Waals surface area contributed by atoms with E-state index in [2.05, 4.69) is 58.8 Å². The zero-order valence-electron chi connectivity index (χ0n) is 12.8. The van der Waals surface area contributed by atoms with Crippen LogP contribution in [0.1, 0.15) is 24.0 Å². The summed E-state index contributed by atoms with van der Waals surface area (Å²) < 4.78 is 0. The summed E-state index contributed by atoms with van der Waals surface area (Å²) >= 11 is 0. The Kier molecular flexibility index (Phi) is 5.41. The van der Waals surface area contributed by atoms with Crippen LogP contribution in [0.15, 0.2) is 29.3 Å². The van der Waals surface area contributed by atoms with Crippen molar-refractivity contribution in [2.24, 2.45) is 4.99 Å². The summed E-state index contributed by atoms with van der Waals surface area (Å²) in [4.78, 5) is 6.70. The average Bonchev–Trinajstić information content (AvgIpc) is 2.85. The molecule has 1 aliphatic rings. The Balaban J connectivity index is 1.78. The predicted molar refractivity (Wildman–Crippen MR) is 85.0 cm³/mol. The van der Waals surface area contributed by atoms with Gasteiger partial charge in [0.25, 0.3) is 0 Å². The summed E-state index contributed by atoms with van der Waals surface area (Å²) in [6.45, 7) is 5.10. The van der Waals surface area contributed by atoms with Crippen LogP contribution in [0, 0.1) is 6.92 Å². The number of hydrogen-bond donors (Lipinski definition) is 2. The van der Waals surface area contributed by atoms with Gasteiger partial charge in [0.2, 0.25) is 0 Å². The summed E-state index contributed by atoms with van der Waals surface area (Å²) in [5.41, 5.74) is 2.57. The number of hydrogen-bond acceptors (Lipinski definition) is 2. The van der Waals surface area contributed by atoms with Crippen molar-refractivity contribution in [2.75, 3.05) is 27.2 Å². The minimum atomic E-state index is 0.632. The van der Waals surface area contributed by atoms with Gasteiger partial charge < -0.3 is 15.5 Å². The molecule has 4 heteroatoms. The van der Waals surface area contributed by atoms with Gasteiger partial charge in [0, 0.05) is 26.2 Å². The van der Waals surface area contributed by atoms with Crippen molar-refractivity contribution >= 4 is 5.96 Å². The zero-order chi connectivity index (χ0) is 14.4. The van der Waals surface area contributed by atoms with Crippen molar-refractivity contribution in [3.05, 3.63) is 35.4 Å². The highest BCUT2D eigenvalue weighted by Crippen LogP contribution is 2.13. The molecule has 2 N–H and O–H groups in total. The highest BCUT2D eigenvalue weighted by Gasteiger charge is 2.20. The molecule has 1 heterocycles. The van der Waals surface area contributed by atoms with Gasteiger partial charge in [-0.15, -0.1) is 0 Å². The molecule has 0 spiro atoms. The van der Waals surface area contributed by atoms with E-state index in [1.807, 2.05) is 7.05 Å². The smallest absolute Gasteiger partial charge is 0.191 e. The minimum absolute atomic E-state index is 0.632. The van der Waals surface area contributed by atoms with Crippen LogP contribution in [0.25, 0.3) is 0 Å². The first-order valence-corrected chi connectivity index (χ1v) is 7.39. The number of nitrogens with zero attached hydrogens (tertiary/aromatic N) is 2. The van der Waals surface area contributed by atoms with Gasteiger partial charge in [0.05, 0.1) is 0 Å². The number of rotatable bonds is 4. The predicted octanol–water partition coefficient (Wildman–Crippen LogP) is 1.75. The topological polar surface area (TPSA) is 39.7 Å². The lowest BCUT2D eigenvalue weighted by Crippen LogP contribution is -2.43. The molecule has 0 radical (unpaired) electrons. The maximum Gasteiger partial charge on any atom is 0.191 e. The molecular weight excluding hydrogens is 248 g/mol. The number of likely N-dealkylation sites (N-methyl/N-ethyl adjacent to an activating group) is 1. The fourth-order valence-corrected chi connectivity index (χ4v) is 2.68. The molecule has 20 heavy (non-hydrogen) atoms. The van der Waals surface area contributed by atoms with Crippen molar-refractivity contribution in [3.8, 4) is 0 Å². The molecule has 0 amide bonds.